The van der Waals surface area contributed by atoms with E-state index in [1.807, 2.05) is 16.4 Å². The first-order chi connectivity index (χ1) is 7.34. The van der Waals surface area contributed by atoms with Gasteiger partial charge < -0.3 is 5.11 Å². The van der Waals surface area contributed by atoms with Crippen LogP contribution in [0, 0.1) is 0 Å². The van der Waals surface area contributed by atoms with E-state index in [4.69, 9.17) is 0 Å². The molecule has 15 heavy (non-hydrogen) atoms. The van der Waals surface area contributed by atoms with Crippen molar-refractivity contribution in [2.75, 3.05) is 5.75 Å². The Kier molecular flexibility index (Phi) is 2.44. The summed E-state index contributed by atoms with van der Waals surface area (Å²) < 4.78 is 1.89. The first kappa shape index (κ1) is 9.66. The number of aliphatic hydroxyl groups excluding tert-OH is 1. The van der Waals surface area contributed by atoms with Crippen molar-refractivity contribution in [2.24, 2.45) is 0 Å². The van der Waals surface area contributed by atoms with Crippen molar-refractivity contribution < 1.29 is 5.11 Å². The topological polar surface area (TPSA) is 50.9 Å². The first-order valence-electron chi connectivity index (χ1n) is 5.59. The third-order valence-electron chi connectivity index (χ3n) is 3.08. The Morgan fingerprint density at radius 1 is 1.33 bits per heavy atom. The lowest BCUT2D eigenvalue weighted by atomic mass is 10.1. The van der Waals surface area contributed by atoms with E-state index in [1.165, 1.54) is 18.6 Å². The van der Waals surface area contributed by atoms with Gasteiger partial charge in [-0.1, -0.05) is 0 Å². The molecular formula is C10H15N3OS. The summed E-state index contributed by atoms with van der Waals surface area (Å²) >= 11 is 1.94. The summed E-state index contributed by atoms with van der Waals surface area (Å²) in [6, 6.07) is 0. The van der Waals surface area contributed by atoms with Crippen molar-refractivity contribution in [1.29, 1.82) is 0 Å². The van der Waals surface area contributed by atoms with E-state index in [-0.39, 0.29) is 0 Å². The van der Waals surface area contributed by atoms with Gasteiger partial charge in [-0.25, -0.2) is 9.67 Å². The molecule has 0 saturated carbocycles. The van der Waals surface area contributed by atoms with Crippen molar-refractivity contribution in [1.82, 2.24) is 14.8 Å². The minimum absolute atomic E-state index is 0.397. The third-order valence-corrected chi connectivity index (χ3v) is 4.45. The van der Waals surface area contributed by atoms with Gasteiger partial charge in [0.1, 0.15) is 6.10 Å². The highest BCUT2D eigenvalue weighted by molar-refractivity contribution is 7.99. The zero-order chi connectivity index (χ0) is 10.3. The number of nitrogens with zero attached hydrogens (tertiary/aromatic N) is 3. The highest BCUT2D eigenvalue weighted by Gasteiger charge is 2.27. The van der Waals surface area contributed by atoms with Crippen molar-refractivity contribution in [3.63, 3.8) is 0 Å². The molecule has 3 rings (SSSR count). The third kappa shape index (κ3) is 1.67. The SMILES string of the molecule is OC1CCCn2nc(C3CCCS3)nc21. The summed E-state index contributed by atoms with van der Waals surface area (Å²) in [5.74, 6) is 2.94. The van der Waals surface area contributed by atoms with Gasteiger partial charge >= 0.3 is 0 Å². The van der Waals surface area contributed by atoms with E-state index in [9.17, 15) is 5.11 Å². The van der Waals surface area contributed by atoms with E-state index in [1.54, 1.807) is 0 Å². The van der Waals surface area contributed by atoms with E-state index < -0.39 is 6.10 Å². The first-order valence-corrected chi connectivity index (χ1v) is 6.64. The van der Waals surface area contributed by atoms with Crippen LogP contribution in [0.5, 0.6) is 0 Å². The quantitative estimate of drug-likeness (QED) is 0.790. The molecule has 2 aliphatic rings. The second-order valence-corrected chi connectivity index (χ2v) is 5.52. The minimum atomic E-state index is -0.397. The van der Waals surface area contributed by atoms with Crippen molar-refractivity contribution >= 4 is 11.8 Å². The fourth-order valence-corrected chi connectivity index (χ4v) is 3.46. The van der Waals surface area contributed by atoms with Crippen LogP contribution in [0.3, 0.4) is 0 Å². The Labute approximate surface area is 93.1 Å². The monoisotopic (exact) mass is 225 g/mol. The summed E-state index contributed by atoms with van der Waals surface area (Å²) in [7, 11) is 0. The van der Waals surface area contributed by atoms with E-state index in [0.29, 0.717) is 5.25 Å². The van der Waals surface area contributed by atoms with Gasteiger partial charge in [-0.3, -0.25) is 0 Å². The Morgan fingerprint density at radius 2 is 2.27 bits per heavy atom. The molecule has 2 aliphatic heterocycles. The van der Waals surface area contributed by atoms with Gasteiger partial charge in [0.25, 0.3) is 0 Å². The number of rotatable bonds is 1. The fraction of sp³-hybridized carbons (Fsp3) is 0.800. The molecule has 1 aromatic rings. The molecule has 1 fully saturated rings. The van der Waals surface area contributed by atoms with Crippen molar-refractivity contribution in [3.8, 4) is 0 Å². The number of aromatic nitrogens is 3. The van der Waals surface area contributed by atoms with Crippen LogP contribution in [-0.2, 0) is 6.54 Å². The number of aliphatic hydroxyl groups is 1. The molecule has 5 heteroatoms. The zero-order valence-electron chi connectivity index (χ0n) is 8.59. The summed E-state index contributed by atoms with van der Waals surface area (Å²) in [6.45, 7) is 0.913. The highest BCUT2D eigenvalue weighted by atomic mass is 32.2. The number of fused-ring (bicyclic) bond motifs is 1. The molecule has 4 nitrogen and oxygen atoms in total. The molecule has 1 N–H and O–H groups in total. The Balaban J connectivity index is 1.90. The molecule has 1 saturated heterocycles. The van der Waals surface area contributed by atoms with Gasteiger partial charge in [0.15, 0.2) is 11.6 Å². The minimum Gasteiger partial charge on any atom is -0.385 e. The summed E-state index contributed by atoms with van der Waals surface area (Å²) in [6.07, 6.45) is 3.89. The predicted molar refractivity (Wildman–Crippen MR) is 58.6 cm³/mol. The average Bonchev–Trinajstić information content (AvgIpc) is 2.86. The standard InChI is InChI=1S/C10H15N3OS/c14-7-3-1-5-13-10(7)11-9(12-13)8-4-2-6-15-8/h7-8,14H,1-6H2. The fourth-order valence-electron chi connectivity index (χ4n) is 2.26. The molecule has 1 aromatic heterocycles. The molecule has 0 aliphatic carbocycles. The maximum atomic E-state index is 9.79. The number of hydrogen-bond acceptors (Lipinski definition) is 4. The van der Waals surface area contributed by atoms with Crippen LogP contribution in [0.15, 0.2) is 0 Å². The number of hydrogen-bond donors (Lipinski definition) is 1. The molecule has 3 heterocycles. The van der Waals surface area contributed by atoms with Crippen molar-refractivity contribution in [3.05, 3.63) is 11.6 Å². The Morgan fingerprint density at radius 3 is 3.00 bits per heavy atom. The van der Waals surface area contributed by atoms with E-state index in [2.05, 4.69) is 10.1 Å². The summed E-state index contributed by atoms with van der Waals surface area (Å²) in [4.78, 5) is 4.49. The molecule has 2 atom stereocenters. The highest BCUT2D eigenvalue weighted by Crippen LogP contribution is 2.39. The lowest BCUT2D eigenvalue weighted by molar-refractivity contribution is 0.130. The van der Waals surface area contributed by atoms with Crippen molar-refractivity contribution in [2.45, 2.75) is 43.6 Å². The van der Waals surface area contributed by atoms with Crippen LogP contribution in [0.25, 0.3) is 0 Å². The molecule has 0 aromatic carbocycles. The van der Waals surface area contributed by atoms with Crippen LogP contribution in [0.2, 0.25) is 0 Å². The van der Waals surface area contributed by atoms with Gasteiger partial charge in [0.05, 0.1) is 5.25 Å². The molecule has 82 valence electrons. The van der Waals surface area contributed by atoms with Crippen LogP contribution in [-0.4, -0.2) is 25.6 Å². The molecule has 0 bridgehead atoms. The average molecular weight is 225 g/mol. The lowest BCUT2D eigenvalue weighted by Gasteiger charge is -2.16. The number of thioether (sulfide) groups is 1. The smallest absolute Gasteiger partial charge is 0.164 e. The van der Waals surface area contributed by atoms with Gasteiger partial charge in [0.2, 0.25) is 0 Å². The Hall–Kier alpha value is -0.550. The Bertz CT molecular complexity index is 360. The summed E-state index contributed by atoms with van der Waals surface area (Å²) in [5, 5.41) is 14.8. The van der Waals surface area contributed by atoms with Crippen LogP contribution in [0.1, 0.15) is 48.7 Å². The van der Waals surface area contributed by atoms with Crippen LogP contribution < -0.4 is 0 Å². The zero-order valence-corrected chi connectivity index (χ0v) is 9.41. The largest absolute Gasteiger partial charge is 0.385 e. The van der Waals surface area contributed by atoms with E-state index in [0.717, 1.165) is 31.0 Å². The summed E-state index contributed by atoms with van der Waals surface area (Å²) in [5.41, 5.74) is 0. The number of aryl methyl sites for hydroxylation is 1. The van der Waals surface area contributed by atoms with Gasteiger partial charge in [0, 0.05) is 6.54 Å². The second-order valence-electron chi connectivity index (χ2n) is 4.21. The second kappa shape index (κ2) is 3.79. The molecule has 0 spiro atoms. The lowest BCUT2D eigenvalue weighted by Crippen LogP contribution is -2.16. The molecule has 0 radical (unpaired) electrons. The predicted octanol–water partition coefficient (Wildman–Crippen LogP) is 1.67. The normalized spacial score (nSPS) is 30.5. The van der Waals surface area contributed by atoms with Gasteiger partial charge in [-0.2, -0.15) is 16.9 Å². The maximum Gasteiger partial charge on any atom is 0.164 e. The van der Waals surface area contributed by atoms with Crippen LogP contribution >= 0.6 is 11.8 Å². The molecule has 0 amide bonds. The molecule has 2 unspecified atom stereocenters. The van der Waals surface area contributed by atoms with Gasteiger partial charge in [-0.05, 0) is 31.4 Å². The maximum absolute atomic E-state index is 9.79. The molecular weight excluding hydrogens is 210 g/mol. The van der Waals surface area contributed by atoms with E-state index >= 15 is 0 Å². The van der Waals surface area contributed by atoms with Crippen LogP contribution in [0.4, 0.5) is 0 Å². The van der Waals surface area contributed by atoms with Gasteiger partial charge in [-0.15, -0.1) is 0 Å².